The van der Waals surface area contributed by atoms with Crippen molar-refractivity contribution >= 4 is 117 Å². The van der Waals surface area contributed by atoms with Crippen LogP contribution in [0, 0.1) is 5.92 Å². The Morgan fingerprint density at radius 3 is 1.12 bits per heavy atom. The predicted octanol–water partition coefficient (Wildman–Crippen LogP) is 4.76. The number of hydrogen-bond acceptors (Lipinski definition) is 17. The van der Waals surface area contributed by atoms with E-state index in [4.69, 9.17) is 32.7 Å². The number of nitrogens with one attached hydrogen (secondary N) is 5. The van der Waals surface area contributed by atoms with Gasteiger partial charge in [-0.1, -0.05) is 48.5 Å². The van der Waals surface area contributed by atoms with Gasteiger partial charge in [0.15, 0.2) is 23.1 Å². The summed E-state index contributed by atoms with van der Waals surface area (Å²) in [6.45, 7) is -0.390. The van der Waals surface area contributed by atoms with E-state index >= 15 is 0 Å². The molecular formula is C51H49Cl2N5O16. The van der Waals surface area contributed by atoms with Gasteiger partial charge in [0.25, 0.3) is 0 Å². The van der Waals surface area contributed by atoms with Crippen LogP contribution in [-0.4, -0.2) is 123 Å². The Balaban J connectivity index is 0.000000326. The first-order valence-electron chi connectivity index (χ1n) is 22.5. The first kappa shape index (κ1) is 56.8. The molecule has 4 aromatic rings. The van der Waals surface area contributed by atoms with Crippen molar-refractivity contribution < 1.29 is 76.5 Å². The molecule has 74 heavy (non-hydrogen) atoms. The van der Waals surface area contributed by atoms with Crippen LogP contribution in [0.5, 0.6) is 0 Å². The molecule has 0 spiro atoms. The summed E-state index contributed by atoms with van der Waals surface area (Å²) in [4.78, 5) is 150. The number of benzene rings is 4. The van der Waals surface area contributed by atoms with E-state index in [-0.39, 0.29) is 124 Å². The Bertz CT molecular complexity index is 2740. The quantitative estimate of drug-likeness (QED) is 0.0391. The van der Waals surface area contributed by atoms with Crippen LogP contribution in [0.4, 0.5) is 22.7 Å². The van der Waals surface area contributed by atoms with Gasteiger partial charge in [0, 0.05) is 41.5 Å². The number of fused-ring (bicyclic) bond motifs is 4. The van der Waals surface area contributed by atoms with Crippen molar-refractivity contribution in [2.24, 2.45) is 5.92 Å². The molecule has 0 unspecified atom stereocenters. The summed E-state index contributed by atoms with van der Waals surface area (Å²) >= 11 is 11.0. The molecule has 5 N–H and O–H groups in total. The van der Waals surface area contributed by atoms with Crippen molar-refractivity contribution in [1.82, 2.24) is 5.32 Å². The van der Waals surface area contributed by atoms with E-state index in [0.29, 0.717) is 0 Å². The third-order valence-electron chi connectivity index (χ3n) is 11.5. The smallest absolute Gasteiger partial charge is 0.322 e. The number of rotatable bonds is 20. The number of hydrogen-bond donors (Lipinski definition) is 5. The van der Waals surface area contributed by atoms with E-state index in [1.54, 1.807) is 12.1 Å². The molecule has 4 amide bonds. The Labute approximate surface area is 432 Å². The molecule has 0 fully saturated rings. The molecule has 388 valence electrons. The maximum atomic E-state index is 13.7. The number of anilines is 4. The zero-order valence-corrected chi connectivity index (χ0v) is 41.7. The number of ether oxygens (including phenoxy) is 4. The highest BCUT2D eigenvalue weighted by Gasteiger charge is 2.36. The van der Waals surface area contributed by atoms with Gasteiger partial charge < -0.3 is 40.2 Å². The number of amides is 4. The maximum Gasteiger partial charge on any atom is 0.322 e. The van der Waals surface area contributed by atoms with E-state index in [0.717, 1.165) is 0 Å². The van der Waals surface area contributed by atoms with E-state index in [1.807, 2.05) is 0 Å². The fourth-order valence-electron chi connectivity index (χ4n) is 7.95. The minimum Gasteiger partial charge on any atom is -0.469 e. The van der Waals surface area contributed by atoms with Gasteiger partial charge in [-0.25, -0.2) is 0 Å². The Kier molecular flexibility index (Phi) is 20.3. The molecule has 6 rings (SSSR count). The van der Waals surface area contributed by atoms with Crippen molar-refractivity contribution in [3.63, 3.8) is 0 Å². The lowest BCUT2D eigenvalue weighted by Gasteiger charge is -2.23. The summed E-state index contributed by atoms with van der Waals surface area (Å²) in [5.74, 6) is -7.78. The molecule has 2 aliphatic carbocycles. The van der Waals surface area contributed by atoms with Gasteiger partial charge in [-0.2, -0.15) is 0 Å². The zero-order valence-electron chi connectivity index (χ0n) is 40.2. The summed E-state index contributed by atoms with van der Waals surface area (Å²) < 4.78 is 18.7. The van der Waals surface area contributed by atoms with Gasteiger partial charge in [0.05, 0.1) is 85.9 Å². The van der Waals surface area contributed by atoms with Gasteiger partial charge in [-0.05, 0) is 43.5 Å². The van der Waals surface area contributed by atoms with Crippen LogP contribution in [-0.2, 0) is 57.3 Å². The predicted molar refractivity (Wildman–Crippen MR) is 267 cm³/mol. The summed E-state index contributed by atoms with van der Waals surface area (Å²) in [6, 6.07) is 16.9. The highest BCUT2D eigenvalue weighted by atomic mass is 35.5. The number of ketones is 4. The third kappa shape index (κ3) is 13.7. The molecule has 23 heteroatoms. The molecule has 0 bridgehead atoms. The number of methoxy groups -OCH3 is 4. The second-order valence-corrected chi connectivity index (χ2v) is 16.7. The van der Waals surface area contributed by atoms with Crippen LogP contribution in [0.1, 0.15) is 102 Å². The average molecular weight is 1060 g/mol. The first-order valence-corrected chi connectivity index (χ1v) is 23.5. The zero-order chi connectivity index (χ0) is 54.2. The van der Waals surface area contributed by atoms with E-state index < -0.39 is 82.6 Å². The molecule has 0 saturated heterocycles. The number of halogens is 2. The number of carbonyl (C=O) groups is 12. The third-order valence-corrected chi connectivity index (χ3v) is 12.0. The monoisotopic (exact) mass is 1060 g/mol. The number of esters is 4. The Morgan fingerprint density at radius 2 is 0.770 bits per heavy atom. The highest BCUT2D eigenvalue weighted by Crippen LogP contribution is 2.37. The first-order chi connectivity index (χ1) is 35.4. The van der Waals surface area contributed by atoms with Crippen LogP contribution in [0.3, 0.4) is 0 Å². The molecule has 2 aliphatic rings. The molecular weight excluding hydrogens is 1010 g/mol. The minimum absolute atomic E-state index is 0.000890. The molecule has 4 aromatic carbocycles. The highest BCUT2D eigenvalue weighted by molar-refractivity contribution is 6.35. The van der Waals surface area contributed by atoms with Gasteiger partial charge in [0.2, 0.25) is 23.6 Å². The SMILES string of the molecule is COC(=O)CC[C@H](CCC(=O)Nc1cccc2c1C(=O)c1cccc(NC(=O)CN[C@@H](CCC(=O)OC)C(=O)OC)c1C2=O)C(=O)OC.O=C(CCl)Nc1cccc2c1C(=O)c1cccc(NC(=O)CCl)c1C2=O. The van der Waals surface area contributed by atoms with Crippen molar-refractivity contribution in [2.75, 3.05) is 68.0 Å². The van der Waals surface area contributed by atoms with Crippen molar-refractivity contribution in [3.8, 4) is 0 Å². The average Bonchev–Trinajstić information content (AvgIpc) is 3.40. The van der Waals surface area contributed by atoms with Crippen LogP contribution >= 0.6 is 23.2 Å². The molecule has 0 heterocycles. The lowest BCUT2D eigenvalue weighted by atomic mass is 9.82. The van der Waals surface area contributed by atoms with Gasteiger partial charge in [-0.3, -0.25) is 62.9 Å². The molecule has 2 atom stereocenters. The largest absolute Gasteiger partial charge is 0.469 e. The lowest BCUT2D eigenvalue weighted by molar-refractivity contribution is -0.148. The number of carbonyl (C=O) groups excluding carboxylic acids is 12. The van der Waals surface area contributed by atoms with E-state index in [1.165, 1.54) is 89.1 Å². The summed E-state index contributed by atoms with van der Waals surface area (Å²) in [6.07, 6.45) is -0.0911. The lowest BCUT2D eigenvalue weighted by Crippen LogP contribution is -2.42. The van der Waals surface area contributed by atoms with Crippen LogP contribution in [0.25, 0.3) is 0 Å². The fraction of sp³-hybridized carbons (Fsp3) is 0.294. The molecule has 0 aromatic heterocycles. The van der Waals surface area contributed by atoms with Gasteiger partial charge >= 0.3 is 23.9 Å². The van der Waals surface area contributed by atoms with Crippen LogP contribution < -0.4 is 26.6 Å². The van der Waals surface area contributed by atoms with Gasteiger partial charge in [0.1, 0.15) is 17.8 Å². The van der Waals surface area contributed by atoms with Crippen molar-refractivity contribution in [3.05, 3.63) is 117 Å². The van der Waals surface area contributed by atoms with Crippen molar-refractivity contribution in [2.45, 2.75) is 44.6 Å². The summed E-state index contributed by atoms with van der Waals surface area (Å²) in [5.41, 5.74) is 0.984. The van der Waals surface area contributed by atoms with Gasteiger partial charge in [-0.15, -0.1) is 23.2 Å². The molecule has 21 nitrogen and oxygen atoms in total. The topological polar surface area (TPSA) is 302 Å². The fourth-order valence-corrected chi connectivity index (χ4v) is 8.08. The Hall–Kier alpha value is -8.14. The second-order valence-electron chi connectivity index (χ2n) is 16.1. The summed E-state index contributed by atoms with van der Waals surface area (Å²) in [7, 11) is 4.80. The molecule has 0 saturated carbocycles. The number of alkyl halides is 2. The van der Waals surface area contributed by atoms with Crippen LogP contribution in [0.2, 0.25) is 0 Å². The standard InChI is InChI=1S/C33H37N3O12.C18H12Cl2N2O4/c1-45-26(39)15-12-18(32(43)47-3)11-14-24(37)35-21-9-5-7-19-28(21)30(41)20-8-6-10-22(29(20)31(19)42)36-25(38)17-34-23(33(44)48-4)13-16-27(40)46-2;19-7-13(23)21-11-5-1-3-9-15(11)18(26)10-4-2-6-12(16(10)17(9)25)22-14(24)8-20/h5-10,18,23,34H,11-17H2,1-4H3,(H,35,37)(H,36,38);1-6H,7-8H2,(H,21,23)(H,22,24)/t18-,23-;/m0./s1. The molecule has 0 aliphatic heterocycles. The van der Waals surface area contributed by atoms with Crippen molar-refractivity contribution in [1.29, 1.82) is 0 Å². The van der Waals surface area contributed by atoms with Crippen LogP contribution in [0.15, 0.2) is 72.8 Å². The maximum absolute atomic E-state index is 13.7. The van der Waals surface area contributed by atoms with E-state index in [2.05, 4.69) is 36.1 Å². The normalized spacial score (nSPS) is 12.6. The second kappa shape index (κ2) is 26.5. The van der Waals surface area contributed by atoms with E-state index in [9.17, 15) is 57.5 Å². The molecule has 0 radical (unpaired) electrons. The minimum atomic E-state index is -0.987. The Morgan fingerprint density at radius 1 is 0.432 bits per heavy atom. The summed E-state index contributed by atoms with van der Waals surface area (Å²) in [5, 5.41) is 13.0.